The zero-order chi connectivity index (χ0) is 13.5. The van der Waals surface area contributed by atoms with E-state index in [1.54, 1.807) is 0 Å². The zero-order valence-electron chi connectivity index (χ0n) is 11.0. The summed E-state index contributed by atoms with van der Waals surface area (Å²) in [6.45, 7) is 3.59. The van der Waals surface area contributed by atoms with E-state index < -0.39 is 12.1 Å². The molecular weight excluding hydrogens is 236 g/mol. The summed E-state index contributed by atoms with van der Waals surface area (Å²) >= 11 is 0. The minimum atomic E-state index is -0.902. The van der Waals surface area contributed by atoms with E-state index in [0.29, 0.717) is 26.1 Å². The highest BCUT2D eigenvalue weighted by Crippen LogP contribution is 2.20. The topological polar surface area (TPSA) is 78.9 Å². The van der Waals surface area contributed by atoms with E-state index in [1.807, 2.05) is 18.9 Å². The maximum atomic E-state index is 11.5. The molecule has 1 aliphatic rings. The Morgan fingerprint density at radius 2 is 2.17 bits per heavy atom. The van der Waals surface area contributed by atoms with E-state index in [0.717, 1.165) is 12.8 Å². The maximum absolute atomic E-state index is 11.5. The van der Waals surface area contributed by atoms with Crippen molar-refractivity contribution in [3.05, 3.63) is 0 Å². The Morgan fingerprint density at radius 3 is 2.72 bits per heavy atom. The van der Waals surface area contributed by atoms with Crippen molar-refractivity contribution in [3.63, 3.8) is 0 Å². The molecule has 2 N–H and O–H groups in total. The Balaban J connectivity index is 2.22. The van der Waals surface area contributed by atoms with Crippen LogP contribution in [0.2, 0.25) is 0 Å². The van der Waals surface area contributed by atoms with Crippen molar-refractivity contribution in [3.8, 4) is 0 Å². The Kier molecular flexibility index (Phi) is 6.07. The van der Waals surface area contributed by atoms with Crippen molar-refractivity contribution in [2.45, 2.75) is 38.4 Å². The van der Waals surface area contributed by atoms with Gasteiger partial charge in [0.25, 0.3) is 0 Å². The summed E-state index contributed by atoms with van der Waals surface area (Å²) in [4.78, 5) is 24.1. The van der Waals surface area contributed by atoms with Crippen LogP contribution in [0.5, 0.6) is 0 Å². The van der Waals surface area contributed by atoms with Crippen LogP contribution >= 0.6 is 0 Å². The van der Waals surface area contributed by atoms with Gasteiger partial charge in [0.15, 0.2) is 6.10 Å². The molecule has 0 aromatic heterocycles. The van der Waals surface area contributed by atoms with E-state index in [1.165, 1.54) is 0 Å². The highest BCUT2D eigenvalue weighted by atomic mass is 16.5. The van der Waals surface area contributed by atoms with Gasteiger partial charge in [-0.3, -0.25) is 9.69 Å². The second-order valence-corrected chi connectivity index (χ2v) is 4.71. The van der Waals surface area contributed by atoms with Crippen molar-refractivity contribution in [2.24, 2.45) is 0 Å². The largest absolute Gasteiger partial charge is 0.479 e. The molecule has 2 atom stereocenters. The number of carbonyl (C=O) groups excluding carboxylic acids is 1. The van der Waals surface area contributed by atoms with Gasteiger partial charge in [-0.2, -0.15) is 0 Å². The fraction of sp³-hybridized carbons (Fsp3) is 0.833. The van der Waals surface area contributed by atoms with E-state index in [-0.39, 0.29) is 12.0 Å². The van der Waals surface area contributed by atoms with Gasteiger partial charge < -0.3 is 15.2 Å². The molecule has 0 aromatic rings. The van der Waals surface area contributed by atoms with Gasteiger partial charge in [-0.05, 0) is 26.3 Å². The quantitative estimate of drug-likeness (QED) is 0.676. The molecule has 18 heavy (non-hydrogen) atoms. The third-order valence-electron chi connectivity index (χ3n) is 2.88. The minimum Gasteiger partial charge on any atom is -0.479 e. The van der Waals surface area contributed by atoms with Crippen LogP contribution in [0.15, 0.2) is 0 Å². The number of hydrogen-bond donors (Lipinski definition) is 2. The van der Waals surface area contributed by atoms with Crippen LogP contribution in [-0.4, -0.2) is 60.8 Å². The molecule has 0 radical (unpaired) electrons. The molecule has 0 aliphatic carbocycles. The predicted octanol–water partition coefficient (Wildman–Crippen LogP) is 0.0766. The lowest BCUT2D eigenvalue weighted by molar-refractivity contribution is -0.149. The van der Waals surface area contributed by atoms with Crippen LogP contribution in [0.4, 0.5) is 0 Å². The molecule has 6 heteroatoms. The molecule has 1 saturated heterocycles. The first kappa shape index (κ1) is 14.9. The first-order chi connectivity index (χ1) is 8.52. The van der Waals surface area contributed by atoms with Gasteiger partial charge in [0.05, 0.1) is 12.6 Å². The molecule has 0 aromatic carbocycles. The number of carboxylic acids is 1. The SMILES string of the molecule is CCCNC(=O)CN(C)CC1CCC(C(=O)O)O1. The Labute approximate surface area is 107 Å². The fourth-order valence-corrected chi connectivity index (χ4v) is 2.00. The maximum Gasteiger partial charge on any atom is 0.332 e. The number of carbonyl (C=O) groups is 2. The molecule has 1 fully saturated rings. The number of aliphatic carboxylic acids is 1. The number of nitrogens with one attached hydrogen (secondary N) is 1. The number of ether oxygens (including phenoxy) is 1. The standard InChI is InChI=1S/C12H22N2O4/c1-3-6-13-11(15)8-14(2)7-9-4-5-10(18-9)12(16)17/h9-10H,3-8H2,1-2H3,(H,13,15)(H,16,17). The van der Waals surface area contributed by atoms with Crippen LogP contribution in [0.3, 0.4) is 0 Å². The highest BCUT2D eigenvalue weighted by molar-refractivity contribution is 5.77. The molecule has 0 saturated carbocycles. The molecule has 1 heterocycles. The second-order valence-electron chi connectivity index (χ2n) is 4.71. The van der Waals surface area contributed by atoms with Crippen LogP contribution in [-0.2, 0) is 14.3 Å². The van der Waals surface area contributed by atoms with Gasteiger partial charge in [0, 0.05) is 13.1 Å². The van der Waals surface area contributed by atoms with Crippen molar-refractivity contribution >= 4 is 11.9 Å². The summed E-state index contributed by atoms with van der Waals surface area (Å²) in [5.41, 5.74) is 0. The second kappa shape index (κ2) is 7.33. The van der Waals surface area contributed by atoms with Crippen molar-refractivity contribution in [1.29, 1.82) is 0 Å². The number of hydrogen-bond acceptors (Lipinski definition) is 4. The van der Waals surface area contributed by atoms with Crippen LogP contribution in [0.1, 0.15) is 26.2 Å². The van der Waals surface area contributed by atoms with E-state index in [9.17, 15) is 9.59 Å². The first-order valence-electron chi connectivity index (χ1n) is 6.36. The van der Waals surface area contributed by atoms with Gasteiger partial charge in [-0.25, -0.2) is 4.79 Å². The average Bonchev–Trinajstić information content (AvgIpc) is 2.74. The van der Waals surface area contributed by atoms with Crippen molar-refractivity contribution < 1.29 is 19.4 Å². The summed E-state index contributed by atoms with van der Waals surface area (Å²) < 4.78 is 5.38. The molecule has 6 nitrogen and oxygen atoms in total. The average molecular weight is 258 g/mol. The normalized spacial score (nSPS) is 23.3. The molecule has 0 spiro atoms. The molecule has 1 amide bonds. The Hall–Kier alpha value is -1.14. The van der Waals surface area contributed by atoms with Gasteiger partial charge >= 0.3 is 5.97 Å². The number of carboxylic acid groups (broad SMARTS) is 1. The molecular formula is C12H22N2O4. The predicted molar refractivity (Wildman–Crippen MR) is 66.3 cm³/mol. The number of likely N-dealkylation sites (N-methyl/N-ethyl adjacent to an activating group) is 1. The van der Waals surface area contributed by atoms with E-state index in [2.05, 4.69) is 5.32 Å². The smallest absolute Gasteiger partial charge is 0.332 e. The van der Waals surface area contributed by atoms with Crippen LogP contribution in [0.25, 0.3) is 0 Å². The van der Waals surface area contributed by atoms with Crippen LogP contribution in [0, 0.1) is 0 Å². The Bertz CT molecular complexity index is 296. The summed E-state index contributed by atoms with van der Waals surface area (Å²) in [6, 6.07) is 0. The van der Waals surface area contributed by atoms with E-state index in [4.69, 9.17) is 9.84 Å². The third-order valence-corrected chi connectivity index (χ3v) is 2.88. The zero-order valence-corrected chi connectivity index (χ0v) is 11.0. The van der Waals surface area contributed by atoms with Crippen LogP contribution < -0.4 is 5.32 Å². The van der Waals surface area contributed by atoms with Gasteiger partial charge in [-0.15, -0.1) is 0 Å². The lowest BCUT2D eigenvalue weighted by Crippen LogP contribution is -2.39. The van der Waals surface area contributed by atoms with Crippen molar-refractivity contribution in [1.82, 2.24) is 10.2 Å². The summed E-state index contributed by atoms with van der Waals surface area (Å²) in [5.74, 6) is -0.909. The summed E-state index contributed by atoms with van der Waals surface area (Å²) in [5, 5.41) is 11.6. The van der Waals surface area contributed by atoms with Gasteiger partial charge in [0.2, 0.25) is 5.91 Å². The lowest BCUT2D eigenvalue weighted by atomic mass is 10.2. The molecule has 1 rings (SSSR count). The van der Waals surface area contributed by atoms with E-state index >= 15 is 0 Å². The molecule has 1 aliphatic heterocycles. The number of nitrogens with zero attached hydrogens (tertiary/aromatic N) is 1. The Morgan fingerprint density at radius 1 is 1.44 bits per heavy atom. The van der Waals surface area contributed by atoms with Gasteiger partial charge in [0.1, 0.15) is 0 Å². The summed E-state index contributed by atoms with van der Waals surface area (Å²) in [6.07, 6.45) is 1.43. The molecule has 2 unspecified atom stereocenters. The molecule has 0 bridgehead atoms. The van der Waals surface area contributed by atoms with Gasteiger partial charge in [-0.1, -0.05) is 6.92 Å². The summed E-state index contributed by atoms with van der Waals surface area (Å²) in [7, 11) is 1.84. The highest BCUT2D eigenvalue weighted by Gasteiger charge is 2.31. The van der Waals surface area contributed by atoms with Crippen molar-refractivity contribution in [2.75, 3.05) is 26.7 Å². The first-order valence-corrected chi connectivity index (χ1v) is 6.36. The molecule has 104 valence electrons. The number of rotatable bonds is 7. The third kappa shape index (κ3) is 5.01. The number of amides is 1. The lowest BCUT2D eigenvalue weighted by Gasteiger charge is -2.20. The minimum absolute atomic E-state index is 0.00729. The fourth-order valence-electron chi connectivity index (χ4n) is 2.00. The monoisotopic (exact) mass is 258 g/mol.